The lowest BCUT2D eigenvalue weighted by atomic mass is 10.2. The zero-order valence-corrected chi connectivity index (χ0v) is 7.79. The molecule has 0 bridgehead atoms. The summed E-state index contributed by atoms with van der Waals surface area (Å²) >= 11 is 0. The molecule has 3 heteroatoms. The zero-order valence-electron chi connectivity index (χ0n) is 7.79. The highest BCUT2D eigenvalue weighted by atomic mass is 16.3. The zero-order chi connectivity index (χ0) is 9.14. The molecule has 12 heavy (non-hydrogen) atoms. The van der Waals surface area contributed by atoms with Crippen LogP contribution in [0.4, 0.5) is 0 Å². The molecule has 1 aliphatic rings. The van der Waals surface area contributed by atoms with Crippen molar-refractivity contribution in [2.45, 2.75) is 32.7 Å². The number of carbonyl (C=O) groups excluding carboxylic acids is 1. The van der Waals surface area contributed by atoms with Gasteiger partial charge in [-0.25, -0.2) is 0 Å². The van der Waals surface area contributed by atoms with Crippen LogP contribution in [0.15, 0.2) is 0 Å². The van der Waals surface area contributed by atoms with Crippen molar-refractivity contribution < 1.29 is 9.90 Å². The summed E-state index contributed by atoms with van der Waals surface area (Å²) in [4.78, 5) is 13.3. The highest BCUT2D eigenvalue weighted by Crippen LogP contribution is 2.31. The van der Waals surface area contributed by atoms with E-state index in [2.05, 4.69) is 0 Å². The molecule has 0 unspecified atom stereocenters. The second kappa shape index (κ2) is 3.90. The van der Waals surface area contributed by atoms with Crippen molar-refractivity contribution >= 4 is 5.91 Å². The fourth-order valence-corrected chi connectivity index (χ4v) is 1.30. The van der Waals surface area contributed by atoms with Crippen LogP contribution in [-0.2, 0) is 4.79 Å². The molecule has 3 nitrogen and oxygen atoms in total. The molecule has 0 heterocycles. The topological polar surface area (TPSA) is 40.5 Å². The molecule has 70 valence electrons. The molecule has 1 fully saturated rings. The summed E-state index contributed by atoms with van der Waals surface area (Å²) in [7, 11) is 0. The third-order valence-electron chi connectivity index (χ3n) is 2.17. The molecule has 0 saturated heterocycles. The largest absolute Gasteiger partial charge is 0.395 e. The predicted octanol–water partition coefficient (Wildman–Crippen LogP) is 0.626. The Hall–Kier alpha value is -0.570. The molecule has 0 aromatic heterocycles. The van der Waals surface area contributed by atoms with E-state index in [1.807, 2.05) is 13.8 Å². The lowest BCUT2D eigenvalue weighted by Crippen LogP contribution is -2.39. The predicted molar refractivity (Wildman–Crippen MR) is 46.7 cm³/mol. The average molecular weight is 171 g/mol. The van der Waals surface area contributed by atoms with Crippen molar-refractivity contribution in [3.05, 3.63) is 0 Å². The SMILES string of the molecule is CC(C)N(CCO)C(=O)C1CC1. The molecule has 1 rings (SSSR count). The second-order valence-electron chi connectivity index (χ2n) is 3.62. The monoisotopic (exact) mass is 171 g/mol. The molecular weight excluding hydrogens is 154 g/mol. The van der Waals surface area contributed by atoms with Crippen LogP contribution in [0.5, 0.6) is 0 Å². The third-order valence-corrected chi connectivity index (χ3v) is 2.17. The highest BCUT2D eigenvalue weighted by molar-refractivity contribution is 5.81. The fourth-order valence-electron chi connectivity index (χ4n) is 1.30. The third kappa shape index (κ3) is 2.21. The summed E-state index contributed by atoms with van der Waals surface area (Å²) in [5, 5.41) is 8.74. The van der Waals surface area contributed by atoms with Gasteiger partial charge in [-0.15, -0.1) is 0 Å². The minimum atomic E-state index is 0.0661. The van der Waals surface area contributed by atoms with Gasteiger partial charge in [-0.1, -0.05) is 0 Å². The molecule has 0 atom stereocenters. The van der Waals surface area contributed by atoms with Gasteiger partial charge >= 0.3 is 0 Å². The number of hydrogen-bond acceptors (Lipinski definition) is 2. The van der Waals surface area contributed by atoms with Crippen LogP contribution in [0.25, 0.3) is 0 Å². The molecular formula is C9H17NO2. The quantitative estimate of drug-likeness (QED) is 0.674. The lowest BCUT2D eigenvalue weighted by molar-refractivity contribution is -0.134. The van der Waals surface area contributed by atoms with Crippen molar-refractivity contribution in [1.82, 2.24) is 4.90 Å². The highest BCUT2D eigenvalue weighted by Gasteiger charge is 2.33. The van der Waals surface area contributed by atoms with Crippen LogP contribution in [0.3, 0.4) is 0 Å². The van der Waals surface area contributed by atoms with E-state index in [0.29, 0.717) is 6.54 Å². The lowest BCUT2D eigenvalue weighted by Gasteiger charge is -2.25. The summed E-state index contributed by atoms with van der Waals surface area (Å²) < 4.78 is 0. The fraction of sp³-hybridized carbons (Fsp3) is 0.889. The summed E-state index contributed by atoms with van der Waals surface area (Å²) in [6.45, 7) is 4.51. The number of aliphatic hydroxyl groups excluding tert-OH is 1. The first-order valence-corrected chi connectivity index (χ1v) is 4.58. The molecule has 0 aromatic carbocycles. The van der Waals surface area contributed by atoms with Gasteiger partial charge in [0.2, 0.25) is 5.91 Å². The molecule has 0 aromatic rings. The molecule has 0 aliphatic heterocycles. The number of aliphatic hydroxyl groups is 1. The molecule has 1 N–H and O–H groups in total. The summed E-state index contributed by atoms with van der Waals surface area (Å²) in [5.74, 6) is 0.484. The number of carbonyl (C=O) groups is 1. The van der Waals surface area contributed by atoms with Crippen molar-refractivity contribution in [2.24, 2.45) is 5.92 Å². The van der Waals surface area contributed by atoms with Crippen LogP contribution in [-0.4, -0.2) is 35.1 Å². The van der Waals surface area contributed by atoms with Gasteiger partial charge in [0.1, 0.15) is 0 Å². The van der Waals surface area contributed by atoms with Gasteiger partial charge in [0, 0.05) is 18.5 Å². The summed E-state index contributed by atoms with van der Waals surface area (Å²) in [6.07, 6.45) is 2.07. The minimum absolute atomic E-state index is 0.0661. The summed E-state index contributed by atoms with van der Waals surface area (Å²) in [5.41, 5.74) is 0. The Balaban J connectivity index is 2.45. The van der Waals surface area contributed by atoms with Gasteiger partial charge in [0.15, 0.2) is 0 Å². The van der Waals surface area contributed by atoms with Gasteiger partial charge in [-0.2, -0.15) is 0 Å². The van der Waals surface area contributed by atoms with E-state index in [9.17, 15) is 4.79 Å². The second-order valence-corrected chi connectivity index (χ2v) is 3.62. The minimum Gasteiger partial charge on any atom is -0.395 e. The maximum atomic E-state index is 11.6. The van der Waals surface area contributed by atoms with Crippen molar-refractivity contribution in [1.29, 1.82) is 0 Å². The van der Waals surface area contributed by atoms with Crippen molar-refractivity contribution in [3.63, 3.8) is 0 Å². The van der Waals surface area contributed by atoms with Crippen LogP contribution in [0, 0.1) is 5.92 Å². The van der Waals surface area contributed by atoms with Crippen LogP contribution >= 0.6 is 0 Å². The van der Waals surface area contributed by atoms with Gasteiger partial charge in [-0.3, -0.25) is 4.79 Å². The smallest absolute Gasteiger partial charge is 0.225 e. The van der Waals surface area contributed by atoms with E-state index in [-0.39, 0.29) is 24.5 Å². The van der Waals surface area contributed by atoms with E-state index in [1.165, 1.54) is 0 Å². The van der Waals surface area contributed by atoms with Gasteiger partial charge < -0.3 is 10.0 Å². The van der Waals surface area contributed by atoms with Crippen molar-refractivity contribution in [3.8, 4) is 0 Å². The molecule has 0 radical (unpaired) electrons. The molecule has 0 spiro atoms. The van der Waals surface area contributed by atoms with Crippen LogP contribution in [0.1, 0.15) is 26.7 Å². The van der Waals surface area contributed by atoms with Crippen LogP contribution < -0.4 is 0 Å². The van der Waals surface area contributed by atoms with Gasteiger partial charge in [-0.05, 0) is 26.7 Å². The molecule has 1 saturated carbocycles. The van der Waals surface area contributed by atoms with E-state index in [1.54, 1.807) is 4.90 Å². The van der Waals surface area contributed by atoms with Crippen LogP contribution in [0.2, 0.25) is 0 Å². The number of nitrogens with zero attached hydrogens (tertiary/aromatic N) is 1. The van der Waals surface area contributed by atoms with Crippen molar-refractivity contribution in [2.75, 3.05) is 13.2 Å². The van der Waals surface area contributed by atoms with E-state index in [4.69, 9.17) is 5.11 Å². The molecule has 1 aliphatic carbocycles. The summed E-state index contributed by atoms with van der Waals surface area (Å²) in [6, 6.07) is 0.213. The number of rotatable bonds is 4. The van der Waals surface area contributed by atoms with Gasteiger partial charge in [0.25, 0.3) is 0 Å². The maximum absolute atomic E-state index is 11.6. The Kier molecular flexibility index (Phi) is 3.09. The normalized spacial score (nSPS) is 16.7. The Morgan fingerprint density at radius 2 is 2.17 bits per heavy atom. The molecule has 1 amide bonds. The first-order chi connectivity index (χ1) is 5.66. The average Bonchev–Trinajstić information content (AvgIpc) is 2.80. The Morgan fingerprint density at radius 3 is 2.50 bits per heavy atom. The Morgan fingerprint density at radius 1 is 1.58 bits per heavy atom. The Bertz CT molecular complexity index is 164. The standard InChI is InChI=1S/C9H17NO2/c1-7(2)10(5-6-11)9(12)8-3-4-8/h7-8,11H,3-6H2,1-2H3. The van der Waals surface area contributed by atoms with E-state index in [0.717, 1.165) is 12.8 Å². The van der Waals surface area contributed by atoms with E-state index >= 15 is 0 Å². The Labute approximate surface area is 73.4 Å². The first kappa shape index (κ1) is 9.52. The number of amides is 1. The van der Waals surface area contributed by atoms with Gasteiger partial charge in [0.05, 0.1) is 6.61 Å². The first-order valence-electron chi connectivity index (χ1n) is 4.58. The number of hydrogen-bond donors (Lipinski definition) is 1. The maximum Gasteiger partial charge on any atom is 0.225 e. The van der Waals surface area contributed by atoms with E-state index < -0.39 is 0 Å².